The van der Waals surface area contributed by atoms with Gasteiger partial charge in [-0.3, -0.25) is 9.69 Å². The Labute approximate surface area is 104 Å². The van der Waals surface area contributed by atoms with Crippen LogP contribution >= 0.6 is 0 Å². The number of carbonyl (C=O) groups is 1. The van der Waals surface area contributed by atoms with Crippen molar-refractivity contribution in [3.8, 4) is 0 Å². The number of hydrogen-bond acceptors (Lipinski definition) is 2. The second-order valence-corrected chi connectivity index (χ2v) is 5.30. The van der Waals surface area contributed by atoms with E-state index in [0.717, 1.165) is 6.54 Å². The first kappa shape index (κ1) is 13.7. The maximum atomic E-state index is 11.4. The third kappa shape index (κ3) is 3.86. The van der Waals surface area contributed by atoms with E-state index in [0.29, 0.717) is 5.56 Å². The summed E-state index contributed by atoms with van der Waals surface area (Å²) in [5.74, 6) is -0.0410. The summed E-state index contributed by atoms with van der Waals surface area (Å²) in [6.07, 6.45) is 0. The van der Waals surface area contributed by atoms with Crippen LogP contribution in [0.25, 0.3) is 0 Å². The van der Waals surface area contributed by atoms with Gasteiger partial charge in [0.1, 0.15) is 0 Å². The number of nitrogens with zero attached hydrogens (tertiary/aromatic N) is 1. The zero-order valence-electron chi connectivity index (χ0n) is 11.4. The summed E-state index contributed by atoms with van der Waals surface area (Å²) < 4.78 is 0. The van der Waals surface area contributed by atoms with E-state index < -0.39 is 0 Å². The summed E-state index contributed by atoms with van der Waals surface area (Å²) in [7, 11) is 3.75. The minimum Gasteiger partial charge on any atom is -0.355 e. The average Bonchev–Trinajstić information content (AvgIpc) is 2.27. The average molecular weight is 234 g/mol. The summed E-state index contributed by atoms with van der Waals surface area (Å²) in [4.78, 5) is 13.7. The molecule has 17 heavy (non-hydrogen) atoms. The SMILES string of the molecule is CNC(=O)c1ccc(CN(C)C(C)(C)C)cc1. The number of nitrogens with one attached hydrogen (secondary N) is 1. The number of amides is 1. The topological polar surface area (TPSA) is 32.3 Å². The van der Waals surface area contributed by atoms with Crippen LogP contribution in [0.2, 0.25) is 0 Å². The number of benzene rings is 1. The van der Waals surface area contributed by atoms with Crippen molar-refractivity contribution in [3.63, 3.8) is 0 Å². The first-order valence-corrected chi connectivity index (χ1v) is 5.87. The Hall–Kier alpha value is -1.35. The molecule has 0 aliphatic carbocycles. The Morgan fingerprint density at radius 3 is 2.18 bits per heavy atom. The summed E-state index contributed by atoms with van der Waals surface area (Å²) in [6, 6.07) is 7.74. The van der Waals surface area contributed by atoms with Gasteiger partial charge in [0.2, 0.25) is 0 Å². The monoisotopic (exact) mass is 234 g/mol. The largest absolute Gasteiger partial charge is 0.355 e. The van der Waals surface area contributed by atoms with Crippen LogP contribution in [0.5, 0.6) is 0 Å². The van der Waals surface area contributed by atoms with Gasteiger partial charge in [-0.2, -0.15) is 0 Å². The molecule has 0 bridgehead atoms. The molecule has 0 aliphatic heterocycles. The zero-order chi connectivity index (χ0) is 13.1. The molecular formula is C14H22N2O. The summed E-state index contributed by atoms with van der Waals surface area (Å²) >= 11 is 0. The van der Waals surface area contributed by atoms with Gasteiger partial charge in [0.25, 0.3) is 5.91 Å². The fourth-order valence-corrected chi connectivity index (χ4v) is 1.42. The molecule has 3 heteroatoms. The van der Waals surface area contributed by atoms with E-state index in [1.165, 1.54) is 5.56 Å². The lowest BCUT2D eigenvalue weighted by molar-refractivity contribution is 0.0963. The Balaban J connectivity index is 2.72. The van der Waals surface area contributed by atoms with Crippen molar-refractivity contribution in [2.75, 3.05) is 14.1 Å². The minimum atomic E-state index is -0.0410. The first-order chi connectivity index (χ1) is 7.84. The van der Waals surface area contributed by atoms with Crippen LogP contribution in [0.3, 0.4) is 0 Å². The summed E-state index contributed by atoms with van der Waals surface area (Å²) in [5, 5.41) is 2.62. The van der Waals surface area contributed by atoms with E-state index in [2.05, 4.69) is 38.0 Å². The quantitative estimate of drug-likeness (QED) is 0.870. The van der Waals surface area contributed by atoms with Gasteiger partial charge in [0, 0.05) is 24.7 Å². The zero-order valence-corrected chi connectivity index (χ0v) is 11.4. The van der Waals surface area contributed by atoms with Crippen molar-refractivity contribution < 1.29 is 4.79 Å². The van der Waals surface area contributed by atoms with E-state index in [9.17, 15) is 4.79 Å². The lowest BCUT2D eigenvalue weighted by Gasteiger charge is -2.31. The number of carbonyl (C=O) groups excluding carboxylic acids is 1. The maximum absolute atomic E-state index is 11.4. The van der Waals surface area contributed by atoms with Crippen LogP contribution in [0, 0.1) is 0 Å². The van der Waals surface area contributed by atoms with Gasteiger partial charge in [-0.25, -0.2) is 0 Å². The molecule has 1 N–H and O–H groups in total. The van der Waals surface area contributed by atoms with Gasteiger partial charge in [-0.15, -0.1) is 0 Å². The Morgan fingerprint density at radius 2 is 1.76 bits per heavy atom. The normalized spacial score (nSPS) is 11.6. The highest BCUT2D eigenvalue weighted by molar-refractivity contribution is 5.93. The van der Waals surface area contributed by atoms with Crippen molar-refractivity contribution >= 4 is 5.91 Å². The molecular weight excluding hydrogens is 212 g/mol. The van der Waals surface area contributed by atoms with E-state index in [1.54, 1.807) is 7.05 Å². The van der Waals surface area contributed by atoms with Crippen LogP contribution in [-0.4, -0.2) is 30.4 Å². The van der Waals surface area contributed by atoms with Gasteiger partial charge < -0.3 is 5.32 Å². The first-order valence-electron chi connectivity index (χ1n) is 5.87. The molecule has 0 radical (unpaired) electrons. The molecule has 0 heterocycles. The molecule has 0 aliphatic rings. The third-order valence-electron chi connectivity index (χ3n) is 3.01. The van der Waals surface area contributed by atoms with E-state index in [4.69, 9.17) is 0 Å². The summed E-state index contributed by atoms with van der Waals surface area (Å²) in [6.45, 7) is 7.45. The molecule has 94 valence electrons. The molecule has 0 aromatic heterocycles. The van der Waals surface area contributed by atoms with Gasteiger partial charge in [-0.1, -0.05) is 12.1 Å². The third-order valence-corrected chi connectivity index (χ3v) is 3.01. The second kappa shape index (κ2) is 5.32. The molecule has 0 fully saturated rings. The molecule has 0 spiro atoms. The minimum absolute atomic E-state index is 0.0410. The van der Waals surface area contributed by atoms with Crippen LogP contribution in [0.1, 0.15) is 36.7 Å². The highest BCUT2D eigenvalue weighted by Crippen LogP contribution is 2.15. The highest BCUT2D eigenvalue weighted by Gasteiger charge is 2.16. The van der Waals surface area contributed by atoms with E-state index in [-0.39, 0.29) is 11.4 Å². The van der Waals surface area contributed by atoms with Crippen LogP contribution in [0.4, 0.5) is 0 Å². The Kier molecular flexibility index (Phi) is 4.29. The summed E-state index contributed by atoms with van der Waals surface area (Å²) in [5.41, 5.74) is 2.07. The smallest absolute Gasteiger partial charge is 0.251 e. The highest BCUT2D eigenvalue weighted by atomic mass is 16.1. The van der Waals surface area contributed by atoms with Crippen molar-refractivity contribution in [2.24, 2.45) is 0 Å². The van der Waals surface area contributed by atoms with Gasteiger partial charge in [0.15, 0.2) is 0 Å². The standard InChI is InChI=1S/C14H22N2O/c1-14(2,3)16(5)10-11-6-8-12(9-7-11)13(17)15-4/h6-9H,10H2,1-5H3,(H,15,17). The van der Waals surface area contributed by atoms with E-state index >= 15 is 0 Å². The fourth-order valence-electron chi connectivity index (χ4n) is 1.42. The van der Waals surface area contributed by atoms with E-state index in [1.807, 2.05) is 24.3 Å². The Morgan fingerprint density at radius 1 is 1.24 bits per heavy atom. The molecule has 0 atom stereocenters. The van der Waals surface area contributed by atoms with Gasteiger partial charge in [-0.05, 0) is 45.5 Å². The van der Waals surface area contributed by atoms with Crippen LogP contribution < -0.4 is 5.32 Å². The second-order valence-electron chi connectivity index (χ2n) is 5.30. The fraction of sp³-hybridized carbons (Fsp3) is 0.500. The number of hydrogen-bond donors (Lipinski definition) is 1. The van der Waals surface area contributed by atoms with Crippen molar-refractivity contribution in [3.05, 3.63) is 35.4 Å². The predicted octanol–water partition coefficient (Wildman–Crippen LogP) is 2.28. The van der Waals surface area contributed by atoms with Gasteiger partial charge in [0.05, 0.1) is 0 Å². The van der Waals surface area contributed by atoms with Crippen molar-refractivity contribution in [1.82, 2.24) is 10.2 Å². The van der Waals surface area contributed by atoms with Crippen LogP contribution in [0.15, 0.2) is 24.3 Å². The molecule has 0 saturated heterocycles. The molecule has 3 nitrogen and oxygen atoms in total. The van der Waals surface area contributed by atoms with Crippen molar-refractivity contribution in [1.29, 1.82) is 0 Å². The molecule has 1 aromatic carbocycles. The molecule has 0 saturated carbocycles. The Bertz CT molecular complexity index is 376. The van der Waals surface area contributed by atoms with Crippen molar-refractivity contribution in [2.45, 2.75) is 32.9 Å². The number of rotatable bonds is 3. The lowest BCUT2D eigenvalue weighted by Crippen LogP contribution is -2.37. The predicted molar refractivity (Wildman–Crippen MR) is 71.1 cm³/mol. The molecule has 1 rings (SSSR count). The maximum Gasteiger partial charge on any atom is 0.251 e. The molecule has 1 aromatic rings. The lowest BCUT2D eigenvalue weighted by atomic mass is 10.0. The molecule has 1 amide bonds. The van der Waals surface area contributed by atoms with Gasteiger partial charge >= 0.3 is 0 Å². The van der Waals surface area contributed by atoms with Crippen LogP contribution in [-0.2, 0) is 6.54 Å². The molecule has 0 unspecified atom stereocenters.